The third-order valence-corrected chi connectivity index (χ3v) is 13.7. The van der Waals surface area contributed by atoms with Crippen molar-refractivity contribution in [3.8, 4) is 16.8 Å². The zero-order valence-corrected chi connectivity index (χ0v) is 37.7. The van der Waals surface area contributed by atoms with E-state index in [9.17, 15) is 4.39 Å². The zero-order chi connectivity index (χ0) is 45.0. The van der Waals surface area contributed by atoms with Crippen molar-refractivity contribution in [1.29, 1.82) is 0 Å². The minimum Gasteiger partial charge on any atom is -0.314 e. The molecule has 2 aromatic heterocycles. The lowest BCUT2D eigenvalue weighted by molar-refractivity contribution is 0.481. The number of hydrogen-bond donors (Lipinski definition) is 0. The molecule has 67 heavy (non-hydrogen) atoms. The molecular formula is C62H49FN4. The van der Waals surface area contributed by atoms with Crippen LogP contribution in [0.5, 0.6) is 0 Å². The Hall–Kier alpha value is -8.15. The summed E-state index contributed by atoms with van der Waals surface area (Å²) < 4.78 is 19.7. The fourth-order valence-electron chi connectivity index (χ4n) is 10.4. The van der Waals surface area contributed by atoms with Crippen molar-refractivity contribution >= 4 is 77.7 Å². The molecule has 1 unspecified atom stereocenters. The third-order valence-electron chi connectivity index (χ3n) is 13.7. The van der Waals surface area contributed by atoms with Gasteiger partial charge in [-0.2, -0.15) is 0 Å². The number of anilines is 5. The molecule has 0 N–H and O–H groups in total. The number of benzene rings is 8. The van der Waals surface area contributed by atoms with Crippen LogP contribution < -0.4 is 9.80 Å². The van der Waals surface area contributed by atoms with Gasteiger partial charge in [0.25, 0.3) is 0 Å². The monoisotopic (exact) mass is 868 g/mol. The molecule has 0 saturated carbocycles. The number of aromatic nitrogens is 2. The minimum absolute atomic E-state index is 0.0759. The van der Waals surface area contributed by atoms with Crippen molar-refractivity contribution in [2.75, 3.05) is 9.80 Å². The number of hydrogen-bond acceptors (Lipinski definition) is 2. The Bertz CT molecular complexity index is 3620. The van der Waals surface area contributed by atoms with Crippen molar-refractivity contribution in [3.05, 3.63) is 236 Å². The van der Waals surface area contributed by atoms with E-state index < -0.39 is 0 Å². The summed E-state index contributed by atoms with van der Waals surface area (Å²) in [5, 5.41) is 4.86. The van der Waals surface area contributed by atoms with E-state index in [-0.39, 0.29) is 11.7 Å². The maximum Gasteiger partial charge on any atom is 0.103 e. The second-order valence-corrected chi connectivity index (χ2v) is 18.0. The molecule has 0 spiro atoms. The van der Waals surface area contributed by atoms with Crippen LogP contribution in [0.1, 0.15) is 31.7 Å². The number of halogens is 1. The molecule has 0 fully saturated rings. The second-order valence-electron chi connectivity index (χ2n) is 18.0. The first-order valence-electron chi connectivity index (χ1n) is 23.4. The van der Waals surface area contributed by atoms with Crippen LogP contribution >= 0.6 is 0 Å². The van der Waals surface area contributed by atoms with Gasteiger partial charge in [-0.15, -0.1) is 0 Å². The molecule has 10 aromatic rings. The maximum atomic E-state index is 14.9. The Morgan fingerprint density at radius 2 is 0.985 bits per heavy atom. The predicted octanol–water partition coefficient (Wildman–Crippen LogP) is 17.4. The molecule has 0 radical (unpaired) electrons. The van der Waals surface area contributed by atoms with Crippen LogP contribution in [0.2, 0.25) is 0 Å². The van der Waals surface area contributed by atoms with Gasteiger partial charge in [-0.05, 0) is 153 Å². The Labute approximate surface area is 390 Å². The summed E-state index contributed by atoms with van der Waals surface area (Å²) in [6.45, 7) is 4.10. The van der Waals surface area contributed by atoms with E-state index in [2.05, 4.69) is 232 Å². The van der Waals surface area contributed by atoms with Gasteiger partial charge in [0, 0.05) is 73.0 Å². The predicted molar refractivity (Wildman–Crippen MR) is 281 cm³/mol. The number of nitrogens with zero attached hydrogens (tertiary/aromatic N) is 4. The van der Waals surface area contributed by atoms with E-state index in [1.165, 1.54) is 54.9 Å². The first-order chi connectivity index (χ1) is 33.0. The molecule has 0 saturated heterocycles. The number of allylic oxidation sites excluding steroid dienone is 8. The lowest BCUT2D eigenvalue weighted by Crippen LogP contribution is -2.20. The van der Waals surface area contributed by atoms with Gasteiger partial charge in [-0.1, -0.05) is 116 Å². The third kappa shape index (κ3) is 7.15. The summed E-state index contributed by atoms with van der Waals surface area (Å²) in [4.78, 5) is 4.67. The van der Waals surface area contributed by atoms with Gasteiger partial charge in [-0.3, -0.25) is 0 Å². The van der Waals surface area contributed by atoms with Crippen LogP contribution in [-0.4, -0.2) is 9.13 Å². The van der Waals surface area contributed by atoms with Gasteiger partial charge in [0.2, 0.25) is 0 Å². The molecular weight excluding hydrogens is 820 g/mol. The largest absolute Gasteiger partial charge is 0.314 e. The molecule has 4 nitrogen and oxygen atoms in total. The molecule has 8 aromatic carbocycles. The van der Waals surface area contributed by atoms with E-state index >= 15 is 0 Å². The van der Waals surface area contributed by atoms with Crippen LogP contribution in [0.15, 0.2) is 230 Å². The topological polar surface area (TPSA) is 16.3 Å². The van der Waals surface area contributed by atoms with Crippen molar-refractivity contribution in [2.24, 2.45) is 5.92 Å². The standard InChI is InChI=1S/C62H49FN4/c1-42-21-27-48(28-22-42)64(52-34-37-61-56(40-52)54-17-9-11-19-59(54)66(61)46-13-5-3-6-14-46)49-29-23-44(24-30-49)45-25-31-50(32-26-45)65(51-33-36-58(63)43(2)39-51)53-35-38-62-57(41-53)55-18-10-12-20-60(55)67(62)47-15-7-4-8-16-47/h3-7,9-15,17-38,40-41,43H,8,16,39H2,1-2H3. The number of rotatable bonds is 9. The number of para-hydroxylation sites is 3. The average Bonchev–Trinajstić information content (AvgIpc) is 3.89. The SMILES string of the molecule is Cc1ccc(N(c2ccc(-c3ccc(N(C4=CC=C(F)C(C)C4)c4ccc5c(c4)c4ccccc4n5C4=CC=CCC4)cc3)cc2)c2ccc3c(c2)c2ccccc2n3-c2ccccc2)cc1. The van der Waals surface area contributed by atoms with E-state index in [1.54, 1.807) is 6.08 Å². The zero-order valence-electron chi connectivity index (χ0n) is 37.7. The minimum atomic E-state index is -0.201. The first-order valence-corrected chi connectivity index (χ1v) is 23.4. The highest BCUT2D eigenvalue weighted by Gasteiger charge is 2.24. The molecule has 0 aliphatic heterocycles. The fraction of sp³-hybridized carbons (Fsp3) is 0.0968. The van der Waals surface area contributed by atoms with Gasteiger partial charge >= 0.3 is 0 Å². The van der Waals surface area contributed by atoms with Gasteiger partial charge in [-0.25, -0.2) is 4.39 Å². The lowest BCUT2D eigenvalue weighted by Gasteiger charge is -2.31. The van der Waals surface area contributed by atoms with E-state index in [4.69, 9.17) is 0 Å². The highest BCUT2D eigenvalue weighted by Crippen LogP contribution is 2.43. The van der Waals surface area contributed by atoms with Gasteiger partial charge in [0.15, 0.2) is 0 Å². The smallest absolute Gasteiger partial charge is 0.103 e. The van der Waals surface area contributed by atoms with Gasteiger partial charge in [0.05, 0.1) is 22.1 Å². The maximum absolute atomic E-state index is 14.9. The Kier molecular flexibility index (Phi) is 10.1. The Balaban J connectivity index is 0.909. The summed E-state index contributed by atoms with van der Waals surface area (Å²) in [5.74, 6) is -0.277. The van der Waals surface area contributed by atoms with E-state index in [0.29, 0.717) is 6.42 Å². The summed E-state index contributed by atoms with van der Waals surface area (Å²) in [5.41, 5.74) is 17.1. The van der Waals surface area contributed by atoms with Crippen LogP contribution in [-0.2, 0) is 0 Å². The highest BCUT2D eigenvalue weighted by atomic mass is 19.1. The van der Waals surface area contributed by atoms with Crippen LogP contribution in [0.25, 0.3) is 66.1 Å². The van der Waals surface area contributed by atoms with Crippen molar-refractivity contribution < 1.29 is 4.39 Å². The number of aryl methyl sites for hydroxylation is 1. The normalized spacial score (nSPS) is 15.0. The summed E-state index contributed by atoms with van der Waals surface area (Å²) in [6.07, 6.45) is 12.9. The van der Waals surface area contributed by atoms with E-state index in [0.717, 1.165) is 63.8 Å². The molecule has 0 bridgehead atoms. The molecule has 324 valence electrons. The number of fused-ring (bicyclic) bond motifs is 6. The molecule has 2 aliphatic carbocycles. The quantitative estimate of drug-likeness (QED) is 0.144. The summed E-state index contributed by atoms with van der Waals surface area (Å²) >= 11 is 0. The lowest BCUT2D eigenvalue weighted by atomic mass is 9.97. The molecule has 2 heterocycles. The second kappa shape index (κ2) is 16.7. The summed E-state index contributed by atoms with van der Waals surface area (Å²) in [6, 6.07) is 68.2. The molecule has 1 atom stereocenters. The van der Waals surface area contributed by atoms with Crippen molar-refractivity contribution in [2.45, 2.75) is 33.1 Å². The van der Waals surface area contributed by atoms with E-state index in [1.807, 2.05) is 13.0 Å². The Morgan fingerprint density at radius 3 is 1.58 bits per heavy atom. The highest BCUT2D eigenvalue weighted by molar-refractivity contribution is 6.12. The molecule has 2 aliphatic rings. The van der Waals surface area contributed by atoms with Crippen LogP contribution in [0.3, 0.4) is 0 Å². The first kappa shape index (κ1) is 40.4. The molecule has 0 amide bonds. The summed E-state index contributed by atoms with van der Waals surface area (Å²) in [7, 11) is 0. The van der Waals surface area contributed by atoms with Crippen LogP contribution in [0.4, 0.5) is 32.8 Å². The van der Waals surface area contributed by atoms with Gasteiger partial charge < -0.3 is 18.9 Å². The van der Waals surface area contributed by atoms with Crippen molar-refractivity contribution in [3.63, 3.8) is 0 Å². The average molecular weight is 869 g/mol. The van der Waals surface area contributed by atoms with Gasteiger partial charge in [0.1, 0.15) is 5.83 Å². The van der Waals surface area contributed by atoms with Crippen molar-refractivity contribution in [1.82, 2.24) is 9.13 Å². The molecule has 5 heteroatoms. The fourth-order valence-corrected chi connectivity index (χ4v) is 10.4. The molecule has 12 rings (SSSR count). The Morgan fingerprint density at radius 1 is 0.478 bits per heavy atom. The van der Waals surface area contributed by atoms with Crippen LogP contribution in [0, 0.1) is 12.8 Å².